The third-order valence-electron chi connectivity index (χ3n) is 7.20. The fourth-order valence-electron chi connectivity index (χ4n) is 5.14. The van der Waals surface area contributed by atoms with Gasteiger partial charge in [-0.25, -0.2) is 4.39 Å². The average Bonchev–Trinajstić information content (AvgIpc) is 3.78. The number of nitrogens with zero attached hydrogens (tertiary/aromatic N) is 3. The van der Waals surface area contributed by atoms with Gasteiger partial charge in [0.15, 0.2) is 38.7 Å². The van der Waals surface area contributed by atoms with Crippen LogP contribution in [0.1, 0.15) is 41.6 Å². The number of ether oxygens (including phenoxy) is 3. The van der Waals surface area contributed by atoms with Crippen molar-refractivity contribution < 1.29 is 37.7 Å². The summed E-state index contributed by atoms with van der Waals surface area (Å²) in [6.45, 7) is 4.40. The molecule has 5 aromatic rings. The Kier molecular flexibility index (Phi) is 8.95. The van der Waals surface area contributed by atoms with Gasteiger partial charge in [0.05, 0.1) is 31.9 Å². The normalized spacial score (nSPS) is 14.7. The van der Waals surface area contributed by atoms with Gasteiger partial charge in [0.25, 0.3) is 5.91 Å². The molecule has 1 N–H and O–H groups in total. The van der Waals surface area contributed by atoms with E-state index in [0.29, 0.717) is 56.9 Å². The molecule has 0 radical (unpaired) electrons. The van der Waals surface area contributed by atoms with E-state index in [-0.39, 0.29) is 28.0 Å². The lowest BCUT2D eigenvalue weighted by Crippen LogP contribution is -2.31. The molecule has 2 aromatic heterocycles. The molecule has 1 amide bonds. The van der Waals surface area contributed by atoms with Crippen molar-refractivity contribution in [1.82, 2.24) is 10.2 Å². The fraction of sp³-hybridized carbons (Fsp3) is 0.212. The van der Waals surface area contributed by atoms with Gasteiger partial charge in [-0.2, -0.15) is 0 Å². The summed E-state index contributed by atoms with van der Waals surface area (Å²) >= 11 is 2.34. The molecule has 6 rings (SSSR count). The summed E-state index contributed by atoms with van der Waals surface area (Å²) in [4.78, 5) is 29.1. The lowest BCUT2D eigenvalue weighted by Gasteiger charge is -2.24. The molecule has 0 spiro atoms. The molecule has 10 nitrogen and oxygen atoms in total. The minimum absolute atomic E-state index is 0.0879. The van der Waals surface area contributed by atoms with E-state index in [4.69, 9.17) is 18.6 Å². The molecule has 0 aliphatic carbocycles. The SMILES string of the molecule is CCOc1ccc(C2C(C(=O)c3cc4cccc(OC)c4o3)=C(O)C(=O)N2c2nnc(SCc3ccccc3F)s2)cc1OCC. The number of halogens is 1. The maximum atomic E-state index is 14.2. The minimum Gasteiger partial charge on any atom is -0.503 e. The van der Waals surface area contributed by atoms with Gasteiger partial charge in [-0.3, -0.25) is 14.5 Å². The number of carbonyl (C=O) groups is 2. The van der Waals surface area contributed by atoms with Gasteiger partial charge < -0.3 is 23.7 Å². The van der Waals surface area contributed by atoms with Crippen LogP contribution in [-0.2, 0) is 10.5 Å². The molecule has 1 atom stereocenters. The van der Waals surface area contributed by atoms with Crippen molar-refractivity contribution in [3.05, 3.63) is 101 Å². The molecule has 0 saturated carbocycles. The number of Topliss-reactive ketones (excluding diaryl/α,β-unsaturated/α-hetero) is 1. The standard InChI is InChI=1S/C33H28FN3O7S2/c1-4-42-22-14-13-18(15-24(22)43-5-2)27-26(28(38)25-16-19-10-8-12-23(41-3)30(19)44-25)29(39)31(40)37(27)32-35-36-33(46-32)45-17-20-9-6-7-11-21(20)34/h6-16,27,39H,4-5,17H2,1-3H3. The molecule has 0 saturated heterocycles. The van der Waals surface area contributed by atoms with E-state index < -0.39 is 23.5 Å². The molecule has 236 valence electrons. The maximum absolute atomic E-state index is 14.2. The first kappa shape index (κ1) is 31.1. The number of aliphatic hydroxyl groups is 1. The number of thioether (sulfide) groups is 1. The van der Waals surface area contributed by atoms with Gasteiger partial charge in [-0.05, 0) is 55.3 Å². The summed E-state index contributed by atoms with van der Waals surface area (Å²) in [5.74, 6) is -1.10. The van der Waals surface area contributed by atoms with Crippen LogP contribution in [0, 0.1) is 5.82 Å². The van der Waals surface area contributed by atoms with Gasteiger partial charge in [0.1, 0.15) is 5.82 Å². The van der Waals surface area contributed by atoms with E-state index in [2.05, 4.69) is 10.2 Å². The smallest absolute Gasteiger partial charge is 0.296 e. The van der Waals surface area contributed by atoms with Crippen molar-refractivity contribution in [2.75, 3.05) is 25.2 Å². The van der Waals surface area contributed by atoms with Crippen LogP contribution in [0.15, 0.2) is 86.8 Å². The topological polar surface area (TPSA) is 124 Å². The number of fused-ring (bicyclic) bond motifs is 1. The molecule has 1 unspecified atom stereocenters. The highest BCUT2D eigenvalue weighted by Crippen LogP contribution is 2.46. The first-order chi connectivity index (χ1) is 22.3. The highest BCUT2D eigenvalue weighted by molar-refractivity contribution is 8.00. The van der Waals surface area contributed by atoms with Crippen LogP contribution < -0.4 is 19.1 Å². The third-order valence-corrected chi connectivity index (χ3v) is 9.30. The Morgan fingerprint density at radius 2 is 1.80 bits per heavy atom. The van der Waals surface area contributed by atoms with E-state index in [0.717, 1.165) is 11.3 Å². The molecule has 13 heteroatoms. The summed E-state index contributed by atoms with van der Waals surface area (Å²) in [5.41, 5.74) is 1.10. The van der Waals surface area contributed by atoms with Crippen LogP contribution in [0.5, 0.6) is 17.2 Å². The van der Waals surface area contributed by atoms with Crippen LogP contribution in [0.25, 0.3) is 11.0 Å². The Hall–Kier alpha value is -4.88. The quantitative estimate of drug-likeness (QED) is 0.0827. The molecular weight excluding hydrogens is 634 g/mol. The summed E-state index contributed by atoms with van der Waals surface area (Å²) < 4.78 is 37.5. The number of rotatable bonds is 12. The summed E-state index contributed by atoms with van der Waals surface area (Å²) in [6.07, 6.45) is 0. The van der Waals surface area contributed by atoms with Gasteiger partial charge in [-0.15, -0.1) is 10.2 Å². The van der Waals surface area contributed by atoms with Crippen molar-refractivity contribution in [3.63, 3.8) is 0 Å². The van der Waals surface area contributed by atoms with Crippen LogP contribution >= 0.6 is 23.1 Å². The second kappa shape index (κ2) is 13.2. The number of aromatic nitrogens is 2. The molecule has 0 bridgehead atoms. The second-order valence-electron chi connectivity index (χ2n) is 9.96. The molecule has 46 heavy (non-hydrogen) atoms. The highest BCUT2D eigenvalue weighted by Gasteiger charge is 2.47. The monoisotopic (exact) mass is 661 g/mol. The third kappa shape index (κ3) is 5.79. The number of furan rings is 1. The van der Waals surface area contributed by atoms with Crippen LogP contribution in [0.3, 0.4) is 0 Å². The predicted molar refractivity (Wildman–Crippen MR) is 172 cm³/mol. The average molecular weight is 662 g/mol. The largest absolute Gasteiger partial charge is 0.503 e. The number of ketones is 1. The Morgan fingerprint density at radius 3 is 2.57 bits per heavy atom. The van der Waals surface area contributed by atoms with Crippen molar-refractivity contribution in [2.45, 2.75) is 30.0 Å². The zero-order valence-electron chi connectivity index (χ0n) is 25.0. The van der Waals surface area contributed by atoms with E-state index in [1.165, 1.54) is 35.9 Å². The van der Waals surface area contributed by atoms with E-state index in [1.807, 2.05) is 13.8 Å². The number of anilines is 1. The number of para-hydroxylation sites is 1. The van der Waals surface area contributed by atoms with Gasteiger partial charge >= 0.3 is 0 Å². The maximum Gasteiger partial charge on any atom is 0.296 e. The molecule has 1 aliphatic heterocycles. The van der Waals surface area contributed by atoms with Crippen molar-refractivity contribution in [3.8, 4) is 17.2 Å². The van der Waals surface area contributed by atoms with Crippen molar-refractivity contribution >= 4 is 50.9 Å². The predicted octanol–water partition coefficient (Wildman–Crippen LogP) is 7.30. The van der Waals surface area contributed by atoms with Crippen molar-refractivity contribution in [1.29, 1.82) is 0 Å². The lowest BCUT2D eigenvalue weighted by molar-refractivity contribution is -0.117. The number of amides is 1. The van der Waals surface area contributed by atoms with Crippen LogP contribution in [0.4, 0.5) is 9.52 Å². The molecule has 3 heterocycles. The number of hydrogen-bond donors (Lipinski definition) is 1. The van der Waals surface area contributed by atoms with E-state index in [9.17, 15) is 19.1 Å². The van der Waals surface area contributed by atoms with E-state index >= 15 is 0 Å². The highest BCUT2D eigenvalue weighted by atomic mass is 32.2. The lowest BCUT2D eigenvalue weighted by atomic mass is 9.95. The Bertz CT molecular complexity index is 1970. The second-order valence-corrected chi connectivity index (χ2v) is 12.1. The first-order valence-corrected chi connectivity index (χ1v) is 16.1. The van der Waals surface area contributed by atoms with Crippen LogP contribution in [-0.4, -0.2) is 47.3 Å². The van der Waals surface area contributed by atoms with Crippen LogP contribution in [0.2, 0.25) is 0 Å². The Morgan fingerprint density at radius 1 is 1.02 bits per heavy atom. The molecule has 3 aromatic carbocycles. The fourth-order valence-corrected chi connectivity index (χ4v) is 7.00. The number of benzene rings is 3. The zero-order valence-corrected chi connectivity index (χ0v) is 26.6. The Balaban J connectivity index is 1.42. The number of hydrogen-bond acceptors (Lipinski definition) is 11. The minimum atomic E-state index is -1.12. The molecular formula is C33H28FN3O7S2. The zero-order chi connectivity index (χ0) is 32.4. The number of methoxy groups -OCH3 is 1. The van der Waals surface area contributed by atoms with Gasteiger partial charge in [-0.1, -0.05) is 59.5 Å². The summed E-state index contributed by atoms with van der Waals surface area (Å²) in [7, 11) is 1.49. The van der Waals surface area contributed by atoms with Gasteiger partial charge in [0.2, 0.25) is 10.9 Å². The van der Waals surface area contributed by atoms with Gasteiger partial charge in [0, 0.05) is 11.1 Å². The summed E-state index contributed by atoms with van der Waals surface area (Å²) in [6, 6.07) is 17.1. The molecule has 0 fully saturated rings. The first-order valence-electron chi connectivity index (χ1n) is 14.3. The molecule has 1 aliphatic rings. The van der Waals surface area contributed by atoms with Crippen molar-refractivity contribution in [2.24, 2.45) is 0 Å². The van der Waals surface area contributed by atoms with E-state index in [1.54, 1.807) is 54.6 Å². The Labute approximate surface area is 271 Å². The number of carbonyl (C=O) groups excluding carboxylic acids is 2. The number of aliphatic hydroxyl groups excluding tert-OH is 1. The summed E-state index contributed by atoms with van der Waals surface area (Å²) in [5, 5.41) is 20.5.